The summed E-state index contributed by atoms with van der Waals surface area (Å²) in [5.74, 6) is 1.46. The zero-order valence-corrected chi connectivity index (χ0v) is 19.1. The summed E-state index contributed by atoms with van der Waals surface area (Å²) in [6.45, 7) is 7.29. The largest absolute Gasteiger partial charge is 0.508 e. The monoisotopic (exact) mass is 420 g/mol. The molecule has 1 saturated heterocycles. The third-order valence-electron chi connectivity index (χ3n) is 7.41. The SMILES string of the molecule is CC(C)CN(C(=O)c1ccccc1)[C@@H]1CC[C@@H]2CN(C)CC[C@@]2(c2cccc(O)c2)C1. The molecule has 4 heteroatoms. The minimum atomic E-state index is 0.0143. The second-order valence-electron chi connectivity index (χ2n) is 10.1. The van der Waals surface area contributed by atoms with E-state index >= 15 is 0 Å². The average Bonchev–Trinajstić information content (AvgIpc) is 2.77. The second kappa shape index (κ2) is 9.04. The Kier molecular flexibility index (Phi) is 6.38. The smallest absolute Gasteiger partial charge is 0.254 e. The number of phenolic OH excluding ortho intramolecular Hbond substituents is 1. The van der Waals surface area contributed by atoms with E-state index in [1.165, 1.54) is 5.56 Å². The third kappa shape index (κ3) is 4.50. The minimum absolute atomic E-state index is 0.0143. The summed E-state index contributed by atoms with van der Waals surface area (Å²) in [6.07, 6.45) is 4.20. The summed E-state index contributed by atoms with van der Waals surface area (Å²) in [4.78, 5) is 18.2. The van der Waals surface area contributed by atoms with Crippen molar-refractivity contribution in [3.05, 3.63) is 65.7 Å². The number of nitrogens with zero attached hydrogens (tertiary/aromatic N) is 2. The molecule has 4 nitrogen and oxygen atoms in total. The predicted octanol–water partition coefficient (Wildman–Crippen LogP) is 4.93. The molecule has 1 saturated carbocycles. The van der Waals surface area contributed by atoms with Crippen molar-refractivity contribution in [2.45, 2.75) is 51.0 Å². The lowest BCUT2D eigenvalue weighted by Gasteiger charge is -2.54. The van der Waals surface area contributed by atoms with Gasteiger partial charge in [-0.25, -0.2) is 0 Å². The molecule has 1 aliphatic heterocycles. The molecular formula is C27H36N2O2. The number of hydrogen-bond acceptors (Lipinski definition) is 3. The number of fused-ring (bicyclic) bond motifs is 1. The summed E-state index contributed by atoms with van der Waals surface area (Å²) in [6, 6.07) is 17.8. The fraction of sp³-hybridized carbons (Fsp3) is 0.519. The van der Waals surface area contributed by atoms with E-state index < -0.39 is 0 Å². The lowest BCUT2D eigenvalue weighted by atomic mass is 9.57. The quantitative estimate of drug-likeness (QED) is 0.746. The zero-order valence-electron chi connectivity index (χ0n) is 19.1. The molecule has 0 aromatic heterocycles. The van der Waals surface area contributed by atoms with Crippen LogP contribution in [0.4, 0.5) is 0 Å². The Hall–Kier alpha value is -2.33. The summed E-state index contributed by atoms with van der Waals surface area (Å²) in [7, 11) is 2.21. The van der Waals surface area contributed by atoms with Gasteiger partial charge in [-0.15, -0.1) is 0 Å². The van der Waals surface area contributed by atoms with Gasteiger partial charge in [0, 0.05) is 30.1 Å². The van der Waals surface area contributed by atoms with Crippen LogP contribution < -0.4 is 0 Å². The molecule has 4 rings (SSSR count). The summed E-state index contributed by atoms with van der Waals surface area (Å²) < 4.78 is 0. The highest BCUT2D eigenvalue weighted by Crippen LogP contribution is 2.50. The number of benzene rings is 2. The number of likely N-dealkylation sites (tertiary alicyclic amines) is 1. The molecule has 1 N–H and O–H groups in total. The number of aromatic hydroxyl groups is 1. The van der Waals surface area contributed by atoms with Crippen LogP contribution in [0.25, 0.3) is 0 Å². The van der Waals surface area contributed by atoms with Gasteiger partial charge in [-0.2, -0.15) is 0 Å². The minimum Gasteiger partial charge on any atom is -0.508 e. The molecule has 0 unspecified atom stereocenters. The maximum atomic E-state index is 13.6. The van der Waals surface area contributed by atoms with E-state index in [1.807, 2.05) is 42.5 Å². The van der Waals surface area contributed by atoms with E-state index in [-0.39, 0.29) is 17.4 Å². The second-order valence-corrected chi connectivity index (χ2v) is 10.1. The van der Waals surface area contributed by atoms with E-state index in [0.29, 0.717) is 17.6 Å². The van der Waals surface area contributed by atoms with E-state index in [1.54, 1.807) is 6.07 Å². The van der Waals surface area contributed by atoms with Gasteiger partial charge < -0.3 is 14.9 Å². The summed E-state index contributed by atoms with van der Waals surface area (Å²) in [5.41, 5.74) is 2.03. The Morgan fingerprint density at radius 3 is 2.65 bits per heavy atom. The first-order chi connectivity index (χ1) is 14.9. The Bertz CT molecular complexity index is 897. The third-order valence-corrected chi connectivity index (χ3v) is 7.41. The van der Waals surface area contributed by atoms with E-state index in [9.17, 15) is 9.90 Å². The lowest BCUT2D eigenvalue weighted by molar-refractivity contribution is 0.0170. The number of piperidine rings is 1. The number of carbonyl (C=O) groups is 1. The van der Waals surface area contributed by atoms with Gasteiger partial charge in [0.15, 0.2) is 0 Å². The van der Waals surface area contributed by atoms with Gasteiger partial charge in [0.2, 0.25) is 0 Å². The standard InChI is InChI=1S/C27H36N2O2/c1-20(2)18-29(26(31)21-8-5-4-6-9-21)24-13-12-23-19-28(3)15-14-27(23,17-24)22-10-7-11-25(30)16-22/h4-11,16,20,23-24,30H,12-15,17-19H2,1-3H3/t23-,24-,27+/m1/s1. The van der Waals surface area contributed by atoms with E-state index in [2.05, 4.69) is 36.8 Å². The number of phenols is 1. The maximum absolute atomic E-state index is 13.6. The van der Waals surface area contributed by atoms with Gasteiger partial charge in [0.1, 0.15) is 5.75 Å². The fourth-order valence-electron chi connectivity index (χ4n) is 5.91. The molecular weight excluding hydrogens is 384 g/mol. The van der Waals surface area contributed by atoms with Crippen LogP contribution in [-0.2, 0) is 5.41 Å². The normalized spacial score (nSPS) is 26.5. The molecule has 1 aliphatic carbocycles. The topological polar surface area (TPSA) is 43.8 Å². The molecule has 1 heterocycles. The Morgan fingerprint density at radius 1 is 1.16 bits per heavy atom. The van der Waals surface area contributed by atoms with E-state index in [4.69, 9.17) is 0 Å². The molecule has 1 amide bonds. The van der Waals surface area contributed by atoms with Crippen LogP contribution in [0, 0.1) is 11.8 Å². The van der Waals surface area contributed by atoms with Crippen molar-refractivity contribution in [1.82, 2.24) is 9.80 Å². The van der Waals surface area contributed by atoms with Crippen LogP contribution in [0.3, 0.4) is 0 Å². The molecule has 0 radical (unpaired) electrons. The highest BCUT2D eigenvalue weighted by atomic mass is 16.3. The van der Waals surface area contributed by atoms with Gasteiger partial charge in [-0.05, 0) is 80.9 Å². The van der Waals surface area contributed by atoms with Gasteiger partial charge in [-0.3, -0.25) is 4.79 Å². The predicted molar refractivity (Wildman–Crippen MR) is 125 cm³/mol. The molecule has 166 valence electrons. The molecule has 0 bridgehead atoms. The Morgan fingerprint density at radius 2 is 1.94 bits per heavy atom. The first-order valence-corrected chi connectivity index (χ1v) is 11.7. The molecule has 31 heavy (non-hydrogen) atoms. The van der Waals surface area contributed by atoms with Gasteiger partial charge in [-0.1, -0.05) is 44.2 Å². The van der Waals surface area contributed by atoms with Crippen molar-refractivity contribution in [1.29, 1.82) is 0 Å². The van der Waals surface area contributed by atoms with Crippen molar-refractivity contribution in [3.63, 3.8) is 0 Å². The number of rotatable bonds is 5. The summed E-state index contributed by atoms with van der Waals surface area (Å²) in [5, 5.41) is 10.2. The zero-order chi connectivity index (χ0) is 22.0. The molecule has 2 aromatic rings. The van der Waals surface area contributed by atoms with Gasteiger partial charge >= 0.3 is 0 Å². The van der Waals surface area contributed by atoms with Crippen LogP contribution in [-0.4, -0.2) is 53.5 Å². The molecule has 3 atom stereocenters. The Balaban J connectivity index is 1.69. The molecule has 2 fully saturated rings. The van der Waals surface area contributed by atoms with Gasteiger partial charge in [0.05, 0.1) is 0 Å². The van der Waals surface area contributed by atoms with Crippen LogP contribution >= 0.6 is 0 Å². The average molecular weight is 421 g/mol. The van der Waals surface area contributed by atoms with Crippen molar-refractivity contribution < 1.29 is 9.90 Å². The fourth-order valence-corrected chi connectivity index (χ4v) is 5.91. The molecule has 2 aliphatic rings. The summed E-state index contributed by atoms with van der Waals surface area (Å²) >= 11 is 0. The Labute approximate surface area is 186 Å². The van der Waals surface area contributed by atoms with Crippen molar-refractivity contribution in [2.24, 2.45) is 11.8 Å². The highest BCUT2D eigenvalue weighted by Gasteiger charge is 2.49. The first-order valence-electron chi connectivity index (χ1n) is 11.7. The van der Waals surface area contributed by atoms with Crippen molar-refractivity contribution in [2.75, 3.05) is 26.7 Å². The van der Waals surface area contributed by atoms with E-state index in [0.717, 1.165) is 50.9 Å². The number of amides is 1. The van der Waals surface area contributed by atoms with Crippen molar-refractivity contribution >= 4 is 5.91 Å². The van der Waals surface area contributed by atoms with Crippen LogP contribution in [0.2, 0.25) is 0 Å². The molecule has 0 spiro atoms. The maximum Gasteiger partial charge on any atom is 0.254 e. The lowest BCUT2D eigenvalue weighted by Crippen LogP contribution is -2.56. The number of hydrogen-bond donors (Lipinski definition) is 1. The van der Waals surface area contributed by atoms with Crippen LogP contribution in [0.1, 0.15) is 55.5 Å². The van der Waals surface area contributed by atoms with Gasteiger partial charge in [0.25, 0.3) is 5.91 Å². The first kappa shape index (κ1) is 21.9. The van der Waals surface area contributed by atoms with Crippen molar-refractivity contribution in [3.8, 4) is 5.75 Å². The number of carbonyl (C=O) groups excluding carboxylic acids is 1. The van der Waals surface area contributed by atoms with Crippen LogP contribution in [0.5, 0.6) is 5.75 Å². The molecule has 2 aromatic carbocycles. The highest BCUT2D eigenvalue weighted by molar-refractivity contribution is 5.94. The van der Waals surface area contributed by atoms with Crippen LogP contribution in [0.15, 0.2) is 54.6 Å².